The molecule has 0 aliphatic heterocycles. The molecule has 5 heteroatoms. The van der Waals surface area contributed by atoms with Crippen molar-refractivity contribution in [3.8, 4) is 5.75 Å². The van der Waals surface area contributed by atoms with Gasteiger partial charge in [0.25, 0.3) is 0 Å². The summed E-state index contributed by atoms with van der Waals surface area (Å²) < 4.78 is 5.67. The highest BCUT2D eigenvalue weighted by molar-refractivity contribution is 5.88. The maximum absolute atomic E-state index is 12.9. The number of hydrogen-bond acceptors (Lipinski definition) is 3. The van der Waals surface area contributed by atoms with Gasteiger partial charge in [-0.05, 0) is 42.7 Å². The standard InChI is InChI=1S/C23H26N2O3/c1-14(2)22(26)25-20(12-17-13-24-19-10-6-5-9-18(17)19)23(27)28-21-11-7-8-15(3)16(21)4/h5-11,13-14,20,24H,12H2,1-4H3,(H,25,26). The van der Waals surface area contributed by atoms with E-state index in [0.717, 1.165) is 27.6 Å². The first-order valence-corrected chi connectivity index (χ1v) is 9.50. The van der Waals surface area contributed by atoms with E-state index >= 15 is 0 Å². The molecule has 1 atom stereocenters. The van der Waals surface area contributed by atoms with Gasteiger partial charge in [0.1, 0.15) is 11.8 Å². The first-order chi connectivity index (χ1) is 13.4. The van der Waals surface area contributed by atoms with Crippen molar-refractivity contribution in [2.24, 2.45) is 5.92 Å². The maximum atomic E-state index is 12.9. The maximum Gasteiger partial charge on any atom is 0.334 e. The Morgan fingerprint density at radius 1 is 1.07 bits per heavy atom. The normalized spacial score (nSPS) is 12.2. The number of rotatable bonds is 6. The van der Waals surface area contributed by atoms with Crippen molar-refractivity contribution in [1.82, 2.24) is 10.3 Å². The molecular weight excluding hydrogens is 352 g/mol. The van der Waals surface area contributed by atoms with Crippen LogP contribution in [0.4, 0.5) is 0 Å². The Labute approximate surface area is 165 Å². The van der Waals surface area contributed by atoms with Crippen LogP contribution in [0.2, 0.25) is 0 Å². The Hall–Kier alpha value is -3.08. The SMILES string of the molecule is Cc1cccc(OC(=O)C(Cc2c[nH]c3ccccc23)NC(=O)C(C)C)c1C. The minimum absolute atomic E-state index is 0.178. The monoisotopic (exact) mass is 378 g/mol. The summed E-state index contributed by atoms with van der Waals surface area (Å²) >= 11 is 0. The van der Waals surface area contributed by atoms with Crippen LogP contribution < -0.4 is 10.1 Å². The van der Waals surface area contributed by atoms with Crippen LogP contribution in [0.5, 0.6) is 5.75 Å². The highest BCUT2D eigenvalue weighted by Gasteiger charge is 2.26. The summed E-state index contributed by atoms with van der Waals surface area (Å²) in [6, 6.07) is 12.7. The molecule has 1 amide bonds. The third-order valence-electron chi connectivity index (χ3n) is 4.99. The molecule has 0 spiro atoms. The summed E-state index contributed by atoms with van der Waals surface area (Å²) in [6.07, 6.45) is 2.23. The number of nitrogens with one attached hydrogen (secondary N) is 2. The molecule has 1 heterocycles. The van der Waals surface area contributed by atoms with Gasteiger partial charge in [-0.25, -0.2) is 4.79 Å². The number of ether oxygens (including phenoxy) is 1. The van der Waals surface area contributed by atoms with Gasteiger partial charge in [-0.3, -0.25) is 4.79 Å². The highest BCUT2D eigenvalue weighted by Crippen LogP contribution is 2.23. The van der Waals surface area contributed by atoms with Crippen LogP contribution in [-0.2, 0) is 16.0 Å². The van der Waals surface area contributed by atoms with Crippen molar-refractivity contribution in [2.75, 3.05) is 0 Å². The Bertz CT molecular complexity index is 1000. The zero-order chi connectivity index (χ0) is 20.3. The topological polar surface area (TPSA) is 71.2 Å². The van der Waals surface area contributed by atoms with Gasteiger partial charge in [0.05, 0.1) is 0 Å². The van der Waals surface area contributed by atoms with Crippen LogP contribution in [0.1, 0.15) is 30.5 Å². The summed E-state index contributed by atoms with van der Waals surface area (Å²) in [7, 11) is 0. The lowest BCUT2D eigenvalue weighted by atomic mass is 10.0. The number of benzene rings is 2. The fraction of sp³-hybridized carbons (Fsp3) is 0.304. The van der Waals surface area contributed by atoms with Crippen LogP contribution in [0.3, 0.4) is 0 Å². The van der Waals surface area contributed by atoms with Crippen molar-refractivity contribution in [1.29, 1.82) is 0 Å². The second kappa shape index (κ2) is 8.30. The predicted molar refractivity (Wildman–Crippen MR) is 110 cm³/mol. The van der Waals surface area contributed by atoms with E-state index in [9.17, 15) is 9.59 Å². The van der Waals surface area contributed by atoms with Crippen molar-refractivity contribution >= 4 is 22.8 Å². The summed E-state index contributed by atoms with van der Waals surface area (Å²) in [6.45, 7) is 7.48. The van der Waals surface area contributed by atoms with Gasteiger partial charge >= 0.3 is 5.97 Å². The number of esters is 1. The van der Waals surface area contributed by atoms with E-state index in [1.165, 1.54) is 0 Å². The van der Waals surface area contributed by atoms with E-state index in [0.29, 0.717) is 12.2 Å². The summed E-state index contributed by atoms with van der Waals surface area (Å²) in [5, 5.41) is 3.88. The molecule has 2 aromatic carbocycles. The lowest BCUT2D eigenvalue weighted by Gasteiger charge is -2.19. The molecule has 0 saturated heterocycles. The van der Waals surface area contributed by atoms with Crippen LogP contribution in [0.15, 0.2) is 48.7 Å². The summed E-state index contributed by atoms with van der Waals surface area (Å²) in [5.74, 6) is -0.345. The van der Waals surface area contributed by atoms with Crippen molar-refractivity contribution in [3.63, 3.8) is 0 Å². The van der Waals surface area contributed by atoms with Crippen molar-refractivity contribution in [2.45, 2.75) is 40.2 Å². The fourth-order valence-electron chi connectivity index (χ4n) is 3.07. The van der Waals surface area contributed by atoms with E-state index in [2.05, 4.69) is 10.3 Å². The molecule has 5 nitrogen and oxygen atoms in total. The zero-order valence-electron chi connectivity index (χ0n) is 16.7. The Morgan fingerprint density at radius 2 is 1.82 bits per heavy atom. The zero-order valence-corrected chi connectivity index (χ0v) is 16.7. The average Bonchev–Trinajstić information content (AvgIpc) is 3.07. The molecule has 0 aliphatic carbocycles. The van der Waals surface area contributed by atoms with Gasteiger partial charge < -0.3 is 15.0 Å². The lowest BCUT2D eigenvalue weighted by molar-refractivity contribution is -0.140. The summed E-state index contributed by atoms with van der Waals surface area (Å²) in [5.41, 5.74) is 3.92. The predicted octanol–water partition coefficient (Wildman–Crippen LogP) is 4.07. The largest absolute Gasteiger partial charge is 0.425 e. The summed E-state index contributed by atoms with van der Waals surface area (Å²) in [4.78, 5) is 28.5. The lowest BCUT2D eigenvalue weighted by Crippen LogP contribution is -2.46. The van der Waals surface area contributed by atoms with Crippen molar-refractivity contribution in [3.05, 3.63) is 65.4 Å². The van der Waals surface area contributed by atoms with E-state index in [1.807, 2.05) is 56.4 Å². The second-order valence-electron chi connectivity index (χ2n) is 7.40. The van der Waals surface area contributed by atoms with Crippen LogP contribution in [0, 0.1) is 19.8 Å². The van der Waals surface area contributed by atoms with Gasteiger partial charge in [0.2, 0.25) is 5.91 Å². The molecule has 0 radical (unpaired) electrons. The minimum atomic E-state index is -0.769. The fourth-order valence-corrected chi connectivity index (χ4v) is 3.07. The number of aromatic amines is 1. The molecular formula is C23H26N2O3. The highest BCUT2D eigenvalue weighted by atomic mass is 16.5. The van der Waals surface area contributed by atoms with Gasteiger partial charge in [0.15, 0.2) is 0 Å². The third-order valence-corrected chi connectivity index (χ3v) is 4.99. The minimum Gasteiger partial charge on any atom is -0.425 e. The third kappa shape index (κ3) is 4.25. The Kier molecular flexibility index (Phi) is 5.83. The Morgan fingerprint density at radius 3 is 2.57 bits per heavy atom. The number of amides is 1. The van der Waals surface area contributed by atoms with Crippen molar-refractivity contribution < 1.29 is 14.3 Å². The molecule has 0 bridgehead atoms. The van der Waals surface area contributed by atoms with E-state index in [-0.39, 0.29) is 11.8 Å². The number of carbonyl (C=O) groups is 2. The van der Waals surface area contributed by atoms with E-state index in [1.54, 1.807) is 19.9 Å². The molecule has 0 saturated carbocycles. The van der Waals surface area contributed by atoms with Gasteiger partial charge in [-0.2, -0.15) is 0 Å². The number of hydrogen-bond donors (Lipinski definition) is 2. The average molecular weight is 378 g/mol. The van der Waals surface area contributed by atoms with Gasteiger partial charge in [-0.1, -0.05) is 44.2 Å². The number of fused-ring (bicyclic) bond motifs is 1. The number of aryl methyl sites for hydroxylation is 1. The molecule has 0 fully saturated rings. The first kappa shape index (κ1) is 19.7. The van der Waals surface area contributed by atoms with Gasteiger partial charge in [-0.15, -0.1) is 0 Å². The number of H-pyrrole nitrogens is 1. The van der Waals surface area contributed by atoms with Crippen LogP contribution in [0.25, 0.3) is 10.9 Å². The second-order valence-corrected chi connectivity index (χ2v) is 7.40. The molecule has 1 unspecified atom stereocenters. The molecule has 0 aliphatic rings. The van der Waals surface area contributed by atoms with E-state index < -0.39 is 12.0 Å². The van der Waals surface area contributed by atoms with Gasteiger partial charge in [0, 0.05) is 29.4 Å². The molecule has 28 heavy (non-hydrogen) atoms. The molecule has 2 N–H and O–H groups in total. The molecule has 3 aromatic rings. The van der Waals surface area contributed by atoms with E-state index in [4.69, 9.17) is 4.74 Å². The first-order valence-electron chi connectivity index (χ1n) is 9.50. The number of aromatic nitrogens is 1. The molecule has 146 valence electrons. The van der Waals surface area contributed by atoms with Crippen LogP contribution >= 0.6 is 0 Å². The van der Waals surface area contributed by atoms with Crippen LogP contribution in [-0.4, -0.2) is 22.9 Å². The smallest absolute Gasteiger partial charge is 0.334 e. The number of carbonyl (C=O) groups excluding carboxylic acids is 2. The quantitative estimate of drug-likeness (QED) is 0.502. The molecule has 1 aromatic heterocycles. The molecule has 3 rings (SSSR count). The number of para-hydroxylation sites is 1. The Balaban J connectivity index is 1.86.